The van der Waals surface area contributed by atoms with Gasteiger partial charge in [-0.15, -0.1) is 23.7 Å². The van der Waals surface area contributed by atoms with E-state index in [2.05, 4.69) is 92.8 Å². The Balaban J connectivity index is -0.000000148. The Bertz CT molecular complexity index is 5310. The number of nitrogen functional groups attached to an aromatic ring is 1. The second kappa shape index (κ2) is 84.9. The maximum atomic E-state index is 12.4. The van der Waals surface area contributed by atoms with E-state index in [1.807, 2.05) is 68.3 Å². The van der Waals surface area contributed by atoms with Gasteiger partial charge in [-0.1, -0.05) is 53.7 Å². The predicted octanol–water partition coefficient (Wildman–Crippen LogP) is -4.78. The Labute approximate surface area is 975 Å². The first-order valence-electron chi connectivity index (χ1n) is 39.4. The smallest absolute Gasteiger partial charge is 1.00 e. The number of alkyl halides is 1. The van der Waals surface area contributed by atoms with Crippen LogP contribution in [0.4, 0.5) is 40.1 Å². The molecule has 10 aromatic rings. The minimum absolute atomic E-state index is 0. The zero-order valence-corrected chi connectivity index (χ0v) is 94.6. The molecule has 0 aliphatic carbocycles. The number of hydrogen-bond donors (Lipinski definition) is 5. The summed E-state index contributed by atoms with van der Waals surface area (Å²) in [6, 6.07) is 13.7. The molecule has 0 bridgehead atoms. The number of rotatable bonds is 37. The quantitative estimate of drug-likeness (QED) is 0.00281. The maximum absolute atomic E-state index is 12.4. The number of carbonyl (C=O) groups excluding carboxylic acids is 6. The number of fused-ring (bicyclic) bond motifs is 1. The van der Waals surface area contributed by atoms with E-state index in [4.69, 9.17) is 33.3 Å². The number of amides is 2. The summed E-state index contributed by atoms with van der Waals surface area (Å²) in [5, 5.41) is 106. The Morgan fingerprint density at radius 1 is 0.698 bits per heavy atom. The van der Waals surface area contributed by atoms with Crippen molar-refractivity contribution in [3.05, 3.63) is 182 Å². The number of anilines is 3. The molecule has 0 atom stereocenters. The molecule has 0 spiro atoms. The van der Waals surface area contributed by atoms with Gasteiger partial charge in [-0.3, -0.25) is 107 Å². The Kier molecular flexibility index (Phi) is 89.7. The number of aromatic nitrogens is 16. The molecule has 0 saturated carbocycles. The summed E-state index contributed by atoms with van der Waals surface area (Å²) < 4.78 is 62.1. The molecule has 8 N–H and O–H groups in total. The predicted molar refractivity (Wildman–Crippen MR) is 495 cm³/mol. The van der Waals surface area contributed by atoms with Crippen molar-refractivity contribution in [2.75, 3.05) is 91.7 Å². The molecule has 1 saturated heterocycles. The number of nitro groups is 4. The van der Waals surface area contributed by atoms with Crippen molar-refractivity contribution in [1.82, 2.24) is 98.3 Å². The summed E-state index contributed by atoms with van der Waals surface area (Å²) in [6.07, 6.45) is 26.3. The number of benzene rings is 1. The standard InChI is InChI=1S/C30H31N9O4S2.C9H14N4O3.C9H16N4O.C8H11N3O4.C7H9N3O4.C5H9BrO2.C3H3N3O2.C2H7N.CH2O3.CH4.CH3.BH2.ClH.2K.2Li.2H2O.Pd.U.H2.H/c1-2-45(41,42)38-20-30(21-38,11-12-31)39-17-23(15-33-39)27-28-25(10-14-44-28)35-29(36-27)34-24-16-32-37(18-24)13-6-9-26(40)43-19-22-7-4-3-5-8-22;1-11(2)9(14)4-3-5-12-7-8(6-10-12)13(15)16;1-12(2)9(14)4-3-5-13-7-8(10)6-11-13;1-15-8(12)3-2-4-10-6-7(5-9-10)11(13)14;11-7(12)2-1-3-9-5-6(4-8-9)10(13)14;1-8-5(7)3-2-4-6;7-6(8)3-1-4-5-2-3;1-3-2;2-1-4-3;;;;;;;;;;;;;;/h3-5,7-8,10,14-18H,2,6,9,11,13,19-21H2,1H3,(H,34,35,36);6-7H,3-5H2,1-2H3;6-7H,3-5,10H2,1-2H3;5-6H,2-4H2,1H3;4-5H,1-3H2,(H,11,12);2-4H2,1H3;1-2H,(H,4,5);3H,1-2H3;1,3H;1H4;1H3;1H2;1H;;;;;2*1H2;;;1H;/q;;;;;;;;;;-1;;;4*+1;;;;;;-1/p-3/i;;;;;;;;;;;1T2;;;;;;;;;;;. The van der Waals surface area contributed by atoms with Crippen LogP contribution < -0.4 is 162 Å². The molecule has 753 valence electrons. The number of aryl methyl sites for hydroxylation is 5. The van der Waals surface area contributed by atoms with Crippen LogP contribution in [0.2, 0.25) is 0 Å². The molecule has 0 unspecified atom stereocenters. The van der Waals surface area contributed by atoms with Crippen LogP contribution in [0.15, 0.2) is 129 Å². The number of esters is 3. The number of nitriles is 1. The largest absolute Gasteiger partial charge is 1.00 e. The third kappa shape index (κ3) is 60.6. The van der Waals surface area contributed by atoms with Crippen molar-refractivity contribution in [3.63, 3.8) is 0 Å². The number of methoxy groups -OCH3 is 2. The number of aromatic amines is 1. The van der Waals surface area contributed by atoms with E-state index in [9.17, 15) is 82.9 Å². The van der Waals surface area contributed by atoms with Gasteiger partial charge >= 0.3 is 187 Å². The number of aliphatic carboxylic acids is 1. The summed E-state index contributed by atoms with van der Waals surface area (Å²) in [5.41, 5.74) is 9.07. The molecule has 1 aliphatic rings. The molecule has 2 amide bonds. The van der Waals surface area contributed by atoms with Crippen molar-refractivity contribution >= 4 is 150 Å². The Morgan fingerprint density at radius 3 is 1.50 bits per heavy atom. The second-order valence-electron chi connectivity index (χ2n) is 26.7. The second-order valence-corrected chi connectivity index (χ2v) is 30.7. The summed E-state index contributed by atoms with van der Waals surface area (Å²) in [6.45, 7) is 4.70. The fourth-order valence-electron chi connectivity index (χ4n) is 10.1. The normalized spacial score (nSPS) is 10.4. The number of nitrogens with two attached hydrogens (primary N) is 1. The van der Waals surface area contributed by atoms with Gasteiger partial charge in [0.2, 0.25) is 27.8 Å². The zero-order valence-electron chi connectivity index (χ0n) is 81.6. The van der Waals surface area contributed by atoms with E-state index < -0.39 is 41.2 Å². The molecule has 139 heavy (non-hydrogen) atoms. The molecule has 63 heteroatoms. The van der Waals surface area contributed by atoms with Crippen LogP contribution in [-0.2, 0) is 128 Å². The van der Waals surface area contributed by atoms with Gasteiger partial charge in [-0.25, -0.2) is 18.4 Å². The van der Waals surface area contributed by atoms with E-state index in [0.29, 0.717) is 102 Å². The molecule has 1 aromatic carbocycles. The zero-order chi connectivity index (χ0) is 97.2. The first-order chi connectivity index (χ1) is 62.0. The molecule has 9 aromatic heterocycles. The van der Waals surface area contributed by atoms with Crippen LogP contribution in [0.3, 0.4) is 0 Å². The van der Waals surface area contributed by atoms with Gasteiger partial charge in [0.25, 0.3) is 6.47 Å². The average Bonchev–Trinajstić information content (AvgIpc) is 1.71. The van der Waals surface area contributed by atoms with Crippen molar-refractivity contribution in [2.24, 2.45) is 0 Å². The van der Waals surface area contributed by atoms with E-state index in [1.54, 1.807) is 78.8 Å². The number of ether oxygens (including phenoxy) is 3. The molecular formula is C76H116BBrClK2Li2N27O25PdS2U-. The van der Waals surface area contributed by atoms with Gasteiger partial charge in [0.1, 0.15) is 55.5 Å². The monoisotopic (exact) mass is 2440 g/mol. The molecule has 11 rings (SSSR count). The van der Waals surface area contributed by atoms with Crippen molar-refractivity contribution in [3.8, 4) is 17.3 Å². The van der Waals surface area contributed by atoms with E-state index in [-0.39, 0.29) is 343 Å². The fourth-order valence-corrected chi connectivity index (χ4v) is 12.5. The summed E-state index contributed by atoms with van der Waals surface area (Å²) >= 11 is 4.71. The fraction of sp³-hybridized carbons (Fsp3) is 0.447. The summed E-state index contributed by atoms with van der Waals surface area (Å²) in [5.74, 6) is -0.991. The molecular weight excluding hydrogens is 2320 g/mol. The average molecular weight is 2440 g/mol. The van der Waals surface area contributed by atoms with Gasteiger partial charge in [0.05, 0.1) is 113 Å². The van der Waals surface area contributed by atoms with Crippen LogP contribution >= 0.6 is 39.7 Å². The number of H-pyrrole nitrogens is 1. The van der Waals surface area contributed by atoms with Gasteiger partial charge in [-0.05, 0) is 79.2 Å². The number of carbonyl (C=O) groups is 7. The van der Waals surface area contributed by atoms with Crippen molar-refractivity contribution < 1.29 is 297 Å². The summed E-state index contributed by atoms with van der Waals surface area (Å²) in [7, 11) is 10.5. The van der Waals surface area contributed by atoms with Crippen molar-refractivity contribution in [2.45, 2.75) is 143 Å². The SMILES string of the molecule is C.CCS(=O)(=O)N1CC(CC#N)(n2cc(-c3nc(Nc4cnn(CCCC(=O)OCc5ccccc5)c4)nc4ccsc34)cn2)C1.CN(C)C(=O)CCCn1cc(N)cn1.CN(C)C(=O)CCCn1cc([N+](=O)[O-])cn1.CNC.COC(=O)CCCBr.COC(=O)CCCn1cc([N+](=O)[O-])cn1.Cl.O=C(O)CCCn1cc([N+](=O)[O-])cn1.O=CO[O-].O=[N+]([O-])c1cn[nH]c1.[3H][B][3H].[CH3-].[H-].[HH].[K+].[K+].[Li+].[Li+].[OH-].[OH-].[Pd].[U]. The van der Waals surface area contributed by atoms with Gasteiger partial charge in [0.15, 0.2) is 0 Å². The number of halogens is 2. The van der Waals surface area contributed by atoms with Crippen LogP contribution in [0.1, 0.15) is 106 Å². The minimum Gasteiger partial charge on any atom is -1.00 e. The van der Waals surface area contributed by atoms with E-state index in [0.717, 1.165) is 58.5 Å². The molecule has 52 nitrogen and oxygen atoms in total. The van der Waals surface area contributed by atoms with Gasteiger partial charge < -0.3 is 75.4 Å². The number of hydrogen-bond acceptors (Lipinski definition) is 38. The van der Waals surface area contributed by atoms with Crippen LogP contribution in [0.25, 0.3) is 21.5 Å². The number of carboxylic acids is 1. The van der Waals surface area contributed by atoms with Crippen molar-refractivity contribution in [1.29, 1.82) is 7.93 Å². The van der Waals surface area contributed by atoms with E-state index in [1.165, 1.54) is 86.0 Å². The molecule has 1 aliphatic heterocycles. The first kappa shape index (κ1) is 147. The number of nitrogens with zero attached hydrogens (tertiary/aromatic N) is 23. The Morgan fingerprint density at radius 2 is 1.12 bits per heavy atom. The minimum atomic E-state index is -3.35. The third-order valence-electron chi connectivity index (χ3n) is 16.6. The van der Waals surface area contributed by atoms with Crippen LogP contribution in [0, 0.1) is 90.3 Å². The van der Waals surface area contributed by atoms with Crippen LogP contribution in [0.5, 0.6) is 0 Å². The molecule has 1 radical (unpaired) electrons. The Hall–Kier alpha value is -7.52. The molecule has 1 fully saturated rings. The van der Waals surface area contributed by atoms with Crippen LogP contribution in [-0.4, -0.2) is 271 Å². The first-order valence-corrected chi connectivity index (χ1v) is 41.9. The van der Waals surface area contributed by atoms with Gasteiger partial charge in [-0.2, -0.15) is 45.3 Å². The number of thiophene rings is 1. The summed E-state index contributed by atoms with van der Waals surface area (Å²) in [4.78, 5) is 128. The maximum Gasteiger partial charge on any atom is 1.00 e. The third-order valence-corrected chi connectivity index (χ3v) is 19.8. The van der Waals surface area contributed by atoms with Gasteiger partial charge in [0, 0.05) is 195 Å². The number of sulfonamides is 1. The number of nitrogens with one attached hydrogen (secondary N) is 3. The van der Waals surface area contributed by atoms with E-state index >= 15 is 0 Å². The molecule has 10 heterocycles. The number of carboxylic acid groups (broad SMARTS) is 1. The topological polar surface area (TPSA) is 711 Å².